The zero-order valence-electron chi connectivity index (χ0n) is 13.2. The molecule has 0 bridgehead atoms. The van der Waals surface area contributed by atoms with Crippen molar-refractivity contribution < 1.29 is 23.4 Å². The van der Waals surface area contributed by atoms with E-state index >= 15 is 0 Å². The number of benzene rings is 1. The topological polar surface area (TPSA) is 49.8 Å². The van der Waals surface area contributed by atoms with E-state index in [1.807, 2.05) is 25.7 Å². The molecule has 2 unspecified atom stereocenters. The predicted molar refractivity (Wildman–Crippen MR) is 77.8 cm³/mol. The molecule has 2 atom stereocenters. The van der Waals surface area contributed by atoms with Crippen LogP contribution in [0.4, 0.5) is 8.78 Å². The molecule has 0 spiro atoms. The average molecular weight is 313 g/mol. The third kappa shape index (κ3) is 2.73. The summed E-state index contributed by atoms with van der Waals surface area (Å²) in [5, 5.41) is 9.68. The number of halogens is 2. The lowest BCUT2D eigenvalue weighted by Gasteiger charge is -2.33. The number of aliphatic carboxylic acids is 1. The van der Waals surface area contributed by atoms with E-state index in [4.69, 9.17) is 4.74 Å². The minimum Gasteiger partial charge on any atom is -0.479 e. The molecule has 6 heteroatoms. The smallest absolute Gasteiger partial charge is 0.338 e. The SMILES string of the molecule is COC1(C(=O)O)CN(C(C)(C)C)CC1c1ccc(F)cc1F. The lowest BCUT2D eigenvalue weighted by atomic mass is 9.84. The van der Waals surface area contributed by atoms with Crippen molar-refractivity contribution in [1.29, 1.82) is 0 Å². The number of carboxylic acids is 1. The Morgan fingerprint density at radius 3 is 2.50 bits per heavy atom. The van der Waals surface area contributed by atoms with Crippen LogP contribution >= 0.6 is 0 Å². The molecule has 122 valence electrons. The highest BCUT2D eigenvalue weighted by molar-refractivity contribution is 5.80. The van der Waals surface area contributed by atoms with Crippen molar-refractivity contribution in [3.8, 4) is 0 Å². The lowest BCUT2D eigenvalue weighted by Crippen LogP contribution is -2.49. The van der Waals surface area contributed by atoms with E-state index in [1.54, 1.807) is 0 Å². The average Bonchev–Trinajstić information content (AvgIpc) is 2.79. The van der Waals surface area contributed by atoms with Gasteiger partial charge in [0.2, 0.25) is 0 Å². The maximum atomic E-state index is 14.2. The highest BCUT2D eigenvalue weighted by Gasteiger charge is 2.56. The first-order valence-electron chi connectivity index (χ1n) is 7.10. The fourth-order valence-electron chi connectivity index (χ4n) is 2.98. The van der Waals surface area contributed by atoms with Crippen LogP contribution in [-0.4, -0.2) is 47.3 Å². The largest absolute Gasteiger partial charge is 0.479 e. The van der Waals surface area contributed by atoms with Gasteiger partial charge >= 0.3 is 5.97 Å². The molecule has 0 aliphatic carbocycles. The number of likely N-dealkylation sites (tertiary alicyclic amines) is 1. The molecule has 0 saturated carbocycles. The van der Waals surface area contributed by atoms with E-state index in [1.165, 1.54) is 13.2 Å². The van der Waals surface area contributed by atoms with Gasteiger partial charge in [0, 0.05) is 37.7 Å². The van der Waals surface area contributed by atoms with Crippen LogP contribution < -0.4 is 0 Å². The summed E-state index contributed by atoms with van der Waals surface area (Å²) in [6, 6.07) is 3.22. The summed E-state index contributed by atoms with van der Waals surface area (Å²) in [5.74, 6) is -3.29. The van der Waals surface area contributed by atoms with Gasteiger partial charge in [-0.1, -0.05) is 6.07 Å². The van der Waals surface area contributed by atoms with Crippen molar-refractivity contribution in [2.24, 2.45) is 0 Å². The van der Waals surface area contributed by atoms with E-state index in [9.17, 15) is 18.7 Å². The zero-order valence-corrected chi connectivity index (χ0v) is 13.2. The number of methoxy groups -OCH3 is 1. The first-order valence-corrected chi connectivity index (χ1v) is 7.10. The third-order valence-electron chi connectivity index (χ3n) is 4.40. The molecule has 4 nitrogen and oxygen atoms in total. The summed E-state index contributed by atoms with van der Waals surface area (Å²) in [4.78, 5) is 13.8. The van der Waals surface area contributed by atoms with Crippen LogP contribution in [0.3, 0.4) is 0 Å². The highest BCUT2D eigenvalue weighted by atomic mass is 19.1. The molecule has 22 heavy (non-hydrogen) atoms. The molecule has 1 fully saturated rings. The molecule has 1 aliphatic rings. The minimum absolute atomic E-state index is 0.143. The van der Waals surface area contributed by atoms with Crippen LogP contribution in [0.15, 0.2) is 18.2 Å². The second kappa shape index (κ2) is 5.59. The Hall–Kier alpha value is -1.53. The molecular formula is C16H21F2NO3. The van der Waals surface area contributed by atoms with E-state index in [2.05, 4.69) is 0 Å². The van der Waals surface area contributed by atoms with Crippen LogP contribution in [-0.2, 0) is 9.53 Å². The normalized spacial score (nSPS) is 26.4. The first kappa shape index (κ1) is 16.8. The van der Waals surface area contributed by atoms with Gasteiger partial charge in [-0.05, 0) is 32.4 Å². The van der Waals surface area contributed by atoms with Crippen molar-refractivity contribution in [1.82, 2.24) is 4.90 Å². The molecule has 2 rings (SSSR count). The zero-order chi connectivity index (χ0) is 16.7. The Labute approximate surface area is 128 Å². The maximum Gasteiger partial charge on any atom is 0.338 e. The summed E-state index contributed by atoms with van der Waals surface area (Å²) in [7, 11) is 1.31. The van der Waals surface area contributed by atoms with E-state index in [0.29, 0.717) is 6.54 Å². The number of hydrogen-bond donors (Lipinski definition) is 1. The predicted octanol–water partition coefficient (Wildman–Crippen LogP) is 2.63. The first-order chi connectivity index (χ1) is 10.1. The van der Waals surface area contributed by atoms with Gasteiger partial charge in [0.05, 0.1) is 0 Å². The second-order valence-corrected chi connectivity index (χ2v) is 6.67. The molecule has 0 radical (unpaired) electrons. The lowest BCUT2D eigenvalue weighted by molar-refractivity contribution is -0.162. The number of carbonyl (C=O) groups is 1. The van der Waals surface area contributed by atoms with Crippen LogP contribution in [0.25, 0.3) is 0 Å². The second-order valence-electron chi connectivity index (χ2n) is 6.67. The van der Waals surface area contributed by atoms with Gasteiger partial charge in [-0.15, -0.1) is 0 Å². The van der Waals surface area contributed by atoms with Crippen molar-refractivity contribution >= 4 is 5.97 Å². The van der Waals surface area contributed by atoms with Gasteiger partial charge in [-0.3, -0.25) is 4.90 Å². The Balaban J connectivity index is 2.52. The Morgan fingerprint density at radius 2 is 2.05 bits per heavy atom. The molecule has 1 heterocycles. The van der Waals surface area contributed by atoms with Crippen molar-refractivity contribution in [3.63, 3.8) is 0 Å². The molecule has 0 aromatic heterocycles. The summed E-state index contributed by atoms with van der Waals surface area (Å²) >= 11 is 0. The van der Waals surface area contributed by atoms with Crippen molar-refractivity contribution in [2.75, 3.05) is 20.2 Å². The van der Waals surface area contributed by atoms with E-state index < -0.39 is 29.1 Å². The monoisotopic (exact) mass is 313 g/mol. The van der Waals surface area contributed by atoms with Gasteiger partial charge in [-0.25, -0.2) is 13.6 Å². The summed E-state index contributed by atoms with van der Waals surface area (Å²) in [6.07, 6.45) is 0. The van der Waals surface area contributed by atoms with Gasteiger partial charge in [-0.2, -0.15) is 0 Å². The van der Waals surface area contributed by atoms with Crippen LogP contribution in [0.5, 0.6) is 0 Å². The maximum absolute atomic E-state index is 14.2. The van der Waals surface area contributed by atoms with Crippen molar-refractivity contribution in [3.05, 3.63) is 35.4 Å². The van der Waals surface area contributed by atoms with Crippen molar-refractivity contribution in [2.45, 2.75) is 37.8 Å². The third-order valence-corrected chi connectivity index (χ3v) is 4.40. The fraction of sp³-hybridized carbons (Fsp3) is 0.562. The molecule has 1 aromatic rings. The highest BCUT2D eigenvalue weighted by Crippen LogP contribution is 2.42. The number of carboxylic acid groups (broad SMARTS) is 1. The Kier molecular flexibility index (Phi) is 4.28. The number of nitrogens with zero attached hydrogens (tertiary/aromatic N) is 1. The summed E-state index contributed by atoms with van der Waals surface area (Å²) in [5.41, 5.74) is -1.67. The van der Waals surface area contributed by atoms with E-state index in [-0.39, 0.29) is 17.6 Å². The van der Waals surface area contributed by atoms with Gasteiger partial charge in [0.1, 0.15) is 11.6 Å². The number of ether oxygens (including phenoxy) is 1. The molecule has 1 saturated heterocycles. The minimum atomic E-state index is -1.55. The van der Waals surface area contributed by atoms with Crippen LogP contribution in [0.1, 0.15) is 32.3 Å². The molecule has 0 amide bonds. The quantitative estimate of drug-likeness (QED) is 0.932. The fourth-order valence-corrected chi connectivity index (χ4v) is 2.98. The van der Waals surface area contributed by atoms with Gasteiger partial charge in [0.15, 0.2) is 5.60 Å². The Morgan fingerprint density at radius 1 is 1.41 bits per heavy atom. The van der Waals surface area contributed by atoms with E-state index in [0.717, 1.165) is 12.1 Å². The van der Waals surface area contributed by atoms with Gasteiger partial charge in [0.25, 0.3) is 0 Å². The summed E-state index contributed by atoms with van der Waals surface area (Å²) in [6.45, 7) is 6.34. The van der Waals surface area contributed by atoms with Crippen LogP contribution in [0.2, 0.25) is 0 Å². The number of rotatable bonds is 3. The molecule has 1 N–H and O–H groups in total. The standard InChI is InChI=1S/C16H21F2NO3/c1-15(2,3)19-8-12(16(9-19,22-4)14(20)21)11-6-5-10(17)7-13(11)18/h5-7,12H,8-9H2,1-4H3,(H,20,21). The van der Waals surface area contributed by atoms with Gasteiger partial charge < -0.3 is 9.84 Å². The molecule has 1 aromatic carbocycles. The molecule has 1 aliphatic heterocycles. The number of hydrogen-bond acceptors (Lipinski definition) is 3. The Bertz CT molecular complexity index is 585. The molecular weight excluding hydrogens is 292 g/mol. The summed E-state index contributed by atoms with van der Waals surface area (Å²) < 4.78 is 32.6. The van der Waals surface area contributed by atoms with Crippen LogP contribution in [0, 0.1) is 11.6 Å².